The Kier molecular flexibility index (Phi) is 4.37. The normalized spacial score (nSPS) is 16.7. The molecule has 0 bridgehead atoms. The van der Waals surface area contributed by atoms with Crippen LogP contribution in [0.4, 0.5) is 5.82 Å². The van der Waals surface area contributed by atoms with Gasteiger partial charge in [-0.05, 0) is 36.8 Å². The molecule has 104 valence electrons. The summed E-state index contributed by atoms with van der Waals surface area (Å²) in [6, 6.07) is 5.01. The van der Waals surface area contributed by atoms with Crippen molar-refractivity contribution >= 4 is 11.8 Å². The lowest BCUT2D eigenvalue weighted by Crippen LogP contribution is -2.37. The molecule has 2 rings (SSSR count). The summed E-state index contributed by atoms with van der Waals surface area (Å²) in [6.45, 7) is 1.59. The molecule has 0 saturated heterocycles. The monoisotopic (exact) mass is 264 g/mol. The first-order valence-electron chi connectivity index (χ1n) is 6.58. The summed E-state index contributed by atoms with van der Waals surface area (Å²) < 4.78 is 5.15. The topological polar surface area (TPSA) is 71.5 Å². The van der Waals surface area contributed by atoms with Gasteiger partial charge < -0.3 is 15.2 Å². The van der Waals surface area contributed by atoms with Gasteiger partial charge in [-0.1, -0.05) is 12.5 Å². The second kappa shape index (κ2) is 6.02. The first kappa shape index (κ1) is 13.8. The van der Waals surface area contributed by atoms with Crippen molar-refractivity contribution in [2.75, 3.05) is 25.6 Å². The maximum atomic E-state index is 10.9. The molecular formula is C14H20N2O3. The number of ether oxygens (including phenoxy) is 1. The number of hydrogen-bond acceptors (Lipinski definition) is 4. The van der Waals surface area contributed by atoms with Crippen LogP contribution in [0.1, 0.15) is 36.2 Å². The molecule has 1 fully saturated rings. The minimum atomic E-state index is -0.999. The fraction of sp³-hybridized carbons (Fsp3) is 0.571. The van der Waals surface area contributed by atoms with E-state index in [9.17, 15) is 4.79 Å². The molecule has 0 spiro atoms. The van der Waals surface area contributed by atoms with Crippen LogP contribution in [0.25, 0.3) is 0 Å². The van der Waals surface area contributed by atoms with E-state index in [0.717, 1.165) is 19.6 Å². The van der Waals surface area contributed by atoms with Gasteiger partial charge in [0.2, 0.25) is 0 Å². The van der Waals surface area contributed by atoms with Crippen molar-refractivity contribution in [2.45, 2.75) is 25.7 Å². The second-order valence-corrected chi connectivity index (χ2v) is 5.16. The van der Waals surface area contributed by atoms with Crippen LogP contribution in [0.15, 0.2) is 18.2 Å². The van der Waals surface area contributed by atoms with E-state index in [1.54, 1.807) is 19.2 Å². The van der Waals surface area contributed by atoms with Crippen molar-refractivity contribution in [3.63, 3.8) is 0 Å². The Bertz CT molecular complexity index is 444. The Morgan fingerprint density at radius 2 is 2.32 bits per heavy atom. The van der Waals surface area contributed by atoms with Gasteiger partial charge in [-0.25, -0.2) is 9.78 Å². The van der Waals surface area contributed by atoms with Crippen molar-refractivity contribution in [2.24, 2.45) is 5.41 Å². The standard InChI is InChI=1S/C14H20N2O3/c1-19-9-8-14(6-3-7-14)10-15-12-5-2-4-11(16-12)13(17)18/h2,4-5H,3,6-10H2,1H3,(H,15,16)(H,17,18). The third-order valence-electron chi connectivity index (χ3n) is 3.86. The molecule has 1 aromatic heterocycles. The van der Waals surface area contributed by atoms with Gasteiger partial charge in [-0.15, -0.1) is 0 Å². The fourth-order valence-corrected chi connectivity index (χ4v) is 2.44. The van der Waals surface area contributed by atoms with Crippen LogP contribution in [-0.2, 0) is 4.74 Å². The number of hydrogen-bond donors (Lipinski definition) is 2. The molecule has 0 unspecified atom stereocenters. The molecule has 0 atom stereocenters. The Balaban J connectivity index is 1.94. The summed E-state index contributed by atoms with van der Waals surface area (Å²) >= 11 is 0. The summed E-state index contributed by atoms with van der Waals surface area (Å²) in [4.78, 5) is 14.9. The molecule has 0 aromatic carbocycles. The summed E-state index contributed by atoms with van der Waals surface area (Å²) in [7, 11) is 1.72. The number of aromatic carboxylic acids is 1. The highest BCUT2D eigenvalue weighted by Crippen LogP contribution is 2.43. The van der Waals surface area contributed by atoms with Crippen molar-refractivity contribution in [1.82, 2.24) is 4.98 Å². The maximum Gasteiger partial charge on any atom is 0.354 e. The average Bonchev–Trinajstić information content (AvgIpc) is 2.37. The van der Waals surface area contributed by atoms with Gasteiger partial charge in [0.25, 0.3) is 0 Å². The van der Waals surface area contributed by atoms with E-state index in [-0.39, 0.29) is 11.1 Å². The van der Waals surface area contributed by atoms with Crippen LogP contribution in [-0.4, -0.2) is 36.3 Å². The highest BCUT2D eigenvalue weighted by atomic mass is 16.5. The number of pyridine rings is 1. The SMILES string of the molecule is COCCC1(CNc2cccc(C(=O)O)n2)CCC1. The van der Waals surface area contributed by atoms with E-state index >= 15 is 0 Å². The van der Waals surface area contributed by atoms with Gasteiger partial charge in [-0.2, -0.15) is 0 Å². The minimum Gasteiger partial charge on any atom is -0.477 e. The summed E-state index contributed by atoms with van der Waals surface area (Å²) in [5, 5.41) is 12.2. The molecule has 0 aliphatic heterocycles. The molecule has 1 aromatic rings. The number of methoxy groups -OCH3 is 1. The third-order valence-corrected chi connectivity index (χ3v) is 3.86. The van der Waals surface area contributed by atoms with E-state index in [1.807, 2.05) is 0 Å². The quantitative estimate of drug-likeness (QED) is 0.791. The lowest BCUT2D eigenvalue weighted by atomic mass is 9.67. The minimum absolute atomic E-state index is 0.0737. The largest absolute Gasteiger partial charge is 0.477 e. The molecule has 1 saturated carbocycles. The Hall–Kier alpha value is -1.62. The predicted octanol–water partition coefficient (Wildman–Crippen LogP) is 2.40. The summed E-state index contributed by atoms with van der Waals surface area (Å²) in [5.41, 5.74) is 0.362. The highest BCUT2D eigenvalue weighted by Gasteiger charge is 2.36. The zero-order chi connectivity index (χ0) is 13.7. The summed E-state index contributed by atoms with van der Waals surface area (Å²) in [5.74, 6) is -0.370. The Labute approximate surface area is 113 Å². The number of carbonyl (C=O) groups is 1. The number of anilines is 1. The second-order valence-electron chi connectivity index (χ2n) is 5.16. The first-order valence-corrected chi connectivity index (χ1v) is 6.58. The number of carboxylic acid groups (broad SMARTS) is 1. The molecule has 0 amide bonds. The Morgan fingerprint density at radius 1 is 1.53 bits per heavy atom. The van der Waals surface area contributed by atoms with Crippen molar-refractivity contribution in [3.8, 4) is 0 Å². The van der Waals surface area contributed by atoms with E-state index in [2.05, 4.69) is 10.3 Å². The molecule has 0 radical (unpaired) electrons. The third kappa shape index (κ3) is 3.44. The van der Waals surface area contributed by atoms with Gasteiger partial charge in [0.15, 0.2) is 5.69 Å². The lowest BCUT2D eigenvalue weighted by molar-refractivity contribution is 0.0690. The van der Waals surface area contributed by atoms with Gasteiger partial charge in [-0.3, -0.25) is 0 Å². The fourth-order valence-electron chi connectivity index (χ4n) is 2.44. The van der Waals surface area contributed by atoms with E-state index < -0.39 is 5.97 Å². The molecule has 19 heavy (non-hydrogen) atoms. The number of nitrogens with one attached hydrogen (secondary N) is 1. The van der Waals surface area contributed by atoms with Crippen LogP contribution in [0, 0.1) is 5.41 Å². The first-order chi connectivity index (χ1) is 9.15. The highest BCUT2D eigenvalue weighted by molar-refractivity contribution is 5.85. The number of rotatable bonds is 7. The van der Waals surface area contributed by atoms with Crippen molar-refractivity contribution < 1.29 is 14.6 Å². The van der Waals surface area contributed by atoms with Gasteiger partial charge in [0.05, 0.1) is 0 Å². The zero-order valence-electron chi connectivity index (χ0n) is 11.2. The summed E-state index contributed by atoms with van der Waals surface area (Å²) in [6.07, 6.45) is 4.69. The van der Waals surface area contributed by atoms with E-state index in [4.69, 9.17) is 9.84 Å². The van der Waals surface area contributed by atoms with E-state index in [1.165, 1.54) is 25.3 Å². The molecule has 1 aliphatic rings. The van der Waals surface area contributed by atoms with Crippen molar-refractivity contribution in [3.05, 3.63) is 23.9 Å². The predicted molar refractivity (Wildman–Crippen MR) is 72.5 cm³/mol. The maximum absolute atomic E-state index is 10.9. The molecule has 5 heteroatoms. The van der Waals surface area contributed by atoms with Crippen LogP contribution in [0.5, 0.6) is 0 Å². The average molecular weight is 264 g/mol. The van der Waals surface area contributed by atoms with Gasteiger partial charge >= 0.3 is 5.97 Å². The van der Waals surface area contributed by atoms with Crippen LogP contribution >= 0.6 is 0 Å². The smallest absolute Gasteiger partial charge is 0.354 e. The van der Waals surface area contributed by atoms with Gasteiger partial charge in [0, 0.05) is 20.3 Å². The number of aromatic nitrogens is 1. The molecule has 1 heterocycles. The lowest BCUT2D eigenvalue weighted by Gasteiger charge is -2.42. The number of nitrogens with zero attached hydrogens (tertiary/aromatic N) is 1. The molecule has 1 aliphatic carbocycles. The number of carboxylic acids is 1. The molecular weight excluding hydrogens is 244 g/mol. The van der Waals surface area contributed by atoms with Crippen LogP contribution in [0.2, 0.25) is 0 Å². The van der Waals surface area contributed by atoms with Crippen LogP contribution in [0.3, 0.4) is 0 Å². The molecule has 5 nitrogen and oxygen atoms in total. The van der Waals surface area contributed by atoms with Crippen molar-refractivity contribution in [1.29, 1.82) is 0 Å². The van der Waals surface area contributed by atoms with Crippen LogP contribution < -0.4 is 5.32 Å². The Morgan fingerprint density at radius 3 is 2.89 bits per heavy atom. The van der Waals surface area contributed by atoms with E-state index in [0.29, 0.717) is 5.82 Å². The molecule has 2 N–H and O–H groups in total. The zero-order valence-corrected chi connectivity index (χ0v) is 11.2. The van der Waals surface area contributed by atoms with Gasteiger partial charge in [0.1, 0.15) is 5.82 Å².